The first-order chi connectivity index (χ1) is 9.92. The average Bonchev–Trinajstić information content (AvgIpc) is 2.55. The third-order valence-corrected chi connectivity index (χ3v) is 3.75. The van der Waals surface area contributed by atoms with Crippen LogP contribution in [0.1, 0.15) is 17.2 Å². The second-order valence-electron chi connectivity index (χ2n) is 5.01. The molecule has 1 atom stereocenters. The van der Waals surface area contributed by atoms with Crippen molar-refractivity contribution in [2.75, 3.05) is 0 Å². The summed E-state index contributed by atoms with van der Waals surface area (Å²) in [5.41, 5.74) is 2.36. The lowest BCUT2D eigenvalue weighted by Gasteiger charge is -2.22. The topological polar surface area (TPSA) is 9.23 Å². The van der Waals surface area contributed by atoms with Gasteiger partial charge in [0, 0.05) is 5.56 Å². The molecule has 3 aromatic carbocycles. The molecule has 0 spiro atoms. The van der Waals surface area contributed by atoms with Gasteiger partial charge >= 0.3 is 0 Å². The van der Waals surface area contributed by atoms with Gasteiger partial charge < -0.3 is 4.74 Å². The van der Waals surface area contributed by atoms with Crippen LogP contribution in [0.25, 0.3) is 16.8 Å². The Morgan fingerprint density at radius 1 is 0.750 bits per heavy atom. The van der Waals surface area contributed by atoms with Crippen molar-refractivity contribution >= 4 is 16.8 Å². The van der Waals surface area contributed by atoms with Crippen molar-refractivity contribution in [1.29, 1.82) is 0 Å². The van der Waals surface area contributed by atoms with Crippen molar-refractivity contribution < 1.29 is 4.74 Å². The van der Waals surface area contributed by atoms with Crippen LogP contribution in [0.3, 0.4) is 0 Å². The highest BCUT2D eigenvalue weighted by Crippen LogP contribution is 2.36. The smallest absolute Gasteiger partial charge is 0.142 e. The first-order valence-electron chi connectivity index (χ1n) is 6.83. The normalized spacial score (nSPS) is 16.7. The van der Waals surface area contributed by atoms with Crippen molar-refractivity contribution in [3.05, 3.63) is 83.9 Å². The van der Waals surface area contributed by atoms with Gasteiger partial charge in [-0.3, -0.25) is 0 Å². The van der Waals surface area contributed by atoms with E-state index < -0.39 is 0 Å². The van der Waals surface area contributed by atoms with Crippen molar-refractivity contribution in [1.82, 2.24) is 0 Å². The van der Waals surface area contributed by atoms with Crippen LogP contribution < -0.4 is 4.74 Å². The highest BCUT2D eigenvalue weighted by Gasteiger charge is 2.17. The van der Waals surface area contributed by atoms with Crippen LogP contribution in [0, 0.1) is 0 Å². The van der Waals surface area contributed by atoms with Crippen molar-refractivity contribution in [2.24, 2.45) is 0 Å². The molecule has 0 aromatic heterocycles. The fraction of sp³-hybridized carbons (Fsp3) is 0.0526. The van der Waals surface area contributed by atoms with Crippen LogP contribution in [-0.2, 0) is 0 Å². The molecule has 0 bridgehead atoms. The molecule has 96 valence electrons. The summed E-state index contributed by atoms with van der Waals surface area (Å²) in [6, 6.07) is 22.9. The first-order valence-corrected chi connectivity index (χ1v) is 6.83. The third-order valence-electron chi connectivity index (χ3n) is 3.75. The van der Waals surface area contributed by atoms with E-state index in [0.29, 0.717) is 0 Å². The number of benzene rings is 3. The molecule has 1 aliphatic rings. The van der Waals surface area contributed by atoms with E-state index in [9.17, 15) is 0 Å². The maximum atomic E-state index is 6.14. The molecule has 0 saturated carbocycles. The number of fused-ring (bicyclic) bond motifs is 3. The fourth-order valence-corrected chi connectivity index (χ4v) is 2.73. The average molecular weight is 258 g/mol. The van der Waals surface area contributed by atoms with Gasteiger partial charge in [-0.05, 0) is 28.5 Å². The number of hydrogen-bond acceptors (Lipinski definition) is 1. The van der Waals surface area contributed by atoms with E-state index >= 15 is 0 Å². The van der Waals surface area contributed by atoms with E-state index in [4.69, 9.17) is 4.74 Å². The standard InChI is InChI=1S/C19H14O/c1-2-7-15(8-3-1)18-13-11-17-16-9-5-4-6-14(16)10-12-19(17)20-18/h1-13,18H. The zero-order chi connectivity index (χ0) is 13.4. The summed E-state index contributed by atoms with van der Waals surface area (Å²) in [7, 11) is 0. The van der Waals surface area contributed by atoms with Gasteiger partial charge in [0.15, 0.2) is 0 Å². The summed E-state index contributed by atoms with van der Waals surface area (Å²) in [6.07, 6.45) is 4.31. The Morgan fingerprint density at radius 3 is 2.45 bits per heavy atom. The van der Waals surface area contributed by atoms with Crippen LogP contribution in [0.4, 0.5) is 0 Å². The molecular formula is C19H14O. The third kappa shape index (κ3) is 1.79. The Labute approximate surface area is 118 Å². The van der Waals surface area contributed by atoms with E-state index in [-0.39, 0.29) is 6.10 Å². The quantitative estimate of drug-likeness (QED) is 0.597. The van der Waals surface area contributed by atoms with Crippen LogP contribution in [-0.4, -0.2) is 0 Å². The van der Waals surface area contributed by atoms with Gasteiger partial charge in [0.25, 0.3) is 0 Å². The van der Waals surface area contributed by atoms with Crippen LogP contribution in [0.5, 0.6) is 5.75 Å². The Hall–Kier alpha value is -2.54. The molecule has 0 saturated heterocycles. The van der Waals surface area contributed by atoms with Gasteiger partial charge in [0.05, 0.1) is 0 Å². The summed E-state index contributed by atoms with van der Waals surface area (Å²) < 4.78 is 6.14. The lowest BCUT2D eigenvalue weighted by Crippen LogP contribution is -2.08. The largest absolute Gasteiger partial charge is 0.481 e. The summed E-state index contributed by atoms with van der Waals surface area (Å²) >= 11 is 0. The zero-order valence-corrected chi connectivity index (χ0v) is 11.0. The van der Waals surface area contributed by atoms with Crippen molar-refractivity contribution in [2.45, 2.75) is 6.10 Å². The minimum atomic E-state index is 0.00450. The number of hydrogen-bond donors (Lipinski definition) is 0. The Kier molecular flexibility index (Phi) is 2.56. The molecule has 20 heavy (non-hydrogen) atoms. The highest BCUT2D eigenvalue weighted by molar-refractivity contribution is 5.93. The lowest BCUT2D eigenvalue weighted by molar-refractivity contribution is 0.252. The summed E-state index contributed by atoms with van der Waals surface area (Å²) in [5.74, 6) is 0.958. The molecule has 3 aromatic rings. The fourth-order valence-electron chi connectivity index (χ4n) is 2.73. The van der Waals surface area contributed by atoms with Crippen LogP contribution in [0.2, 0.25) is 0 Å². The van der Waals surface area contributed by atoms with E-state index in [1.165, 1.54) is 21.9 Å². The SMILES string of the molecule is C1=CC(c2ccccc2)Oc2ccc3ccccc3c21. The summed E-state index contributed by atoms with van der Waals surface area (Å²) in [5, 5.41) is 2.49. The second kappa shape index (κ2) is 4.53. The number of rotatable bonds is 1. The molecule has 1 heterocycles. The van der Waals surface area contributed by atoms with Gasteiger partial charge in [-0.15, -0.1) is 0 Å². The molecule has 0 aliphatic carbocycles. The van der Waals surface area contributed by atoms with E-state index in [2.05, 4.69) is 60.7 Å². The Bertz CT molecular complexity index is 787. The maximum Gasteiger partial charge on any atom is 0.142 e. The Balaban J connectivity index is 1.81. The van der Waals surface area contributed by atoms with Crippen molar-refractivity contribution in [3.63, 3.8) is 0 Å². The maximum absolute atomic E-state index is 6.14. The van der Waals surface area contributed by atoms with E-state index in [1.54, 1.807) is 0 Å². The summed E-state index contributed by atoms with van der Waals surface area (Å²) in [4.78, 5) is 0. The van der Waals surface area contributed by atoms with E-state index in [0.717, 1.165) is 5.75 Å². The molecule has 1 unspecified atom stereocenters. The zero-order valence-electron chi connectivity index (χ0n) is 11.0. The number of ether oxygens (including phenoxy) is 1. The summed E-state index contributed by atoms with van der Waals surface area (Å²) in [6.45, 7) is 0. The van der Waals surface area contributed by atoms with Gasteiger partial charge in [-0.1, -0.05) is 66.7 Å². The van der Waals surface area contributed by atoms with E-state index in [1.807, 2.05) is 18.2 Å². The second-order valence-corrected chi connectivity index (χ2v) is 5.01. The van der Waals surface area contributed by atoms with Gasteiger partial charge in [0.2, 0.25) is 0 Å². The van der Waals surface area contributed by atoms with Gasteiger partial charge in [-0.2, -0.15) is 0 Å². The predicted octanol–water partition coefficient (Wildman–Crippen LogP) is 4.99. The van der Waals surface area contributed by atoms with Gasteiger partial charge in [-0.25, -0.2) is 0 Å². The minimum Gasteiger partial charge on any atom is -0.481 e. The molecule has 1 nitrogen and oxygen atoms in total. The van der Waals surface area contributed by atoms with Crippen LogP contribution >= 0.6 is 0 Å². The molecular weight excluding hydrogens is 244 g/mol. The monoisotopic (exact) mass is 258 g/mol. The molecule has 1 heteroatoms. The molecule has 0 N–H and O–H groups in total. The van der Waals surface area contributed by atoms with Crippen molar-refractivity contribution in [3.8, 4) is 5.75 Å². The molecule has 1 aliphatic heterocycles. The first kappa shape index (κ1) is 11.3. The Morgan fingerprint density at radius 2 is 1.55 bits per heavy atom. The minimum absolute atomic E-state index is 0.00450. The molecule has 0 radical (unpaired) electrons. The molecule has 4 rings (SSSR count). The van der Waals surface area contributed by atoms with Crippen LogP contribution in [0.15, 0.2) is 72.8 Å². The molecule has 0 fully saturated rings. The highest BCUT2D eigenvalue weighted by atomic mass is 16.5. The van der Waals surface area contributed by atoms with Gasteiger partial charge in [0.1, 0.15) is 11.9 Å². The molecule has 0 amide bonds. The lowest BCUT2D eigenvalue weighted by atomic mass is 9.99. The predicted molar refractivity (Wildman–Crippen MR) is 82.8 cm³/mol.